The molecule has 0 saturated carbocycles. The van der Waals surface area contributed by atoms with Gasteiger partial charge in [-0.05, 0) is 18.2 Å². The number of aromatic nitrogens is 3. The molecule has 0 bridgehead atoms. The predicted molar refractivity (Wildman–Crippen MR) is 128 cm³/mol. The molecule has 4 aromatic rings. The molecule has 1 saturated heterocycles. The summed E-state index contributed by atoms with van der Waals surface area (Å²) in [6, 6.07) is 15.9. The molecule has 7 nitrogen and oxygen atoms in total. The van der Waals surface area contributed by atoms with E-state index in [1.54, 1.807) is 16.3 Å². The van der Waals surface area contributed by atoms with Crippen molar-refractivity contribution < 1.29 is 4.79 Å². The topological polar surface area (TPSA) is 75.1 Å². The van der Waals surface area contributed by atoms with Gasteiger partial charge in [-0.1, -0.05) is 44.2 Å². The normalized spacial score (nSPS) is 13.5. The number of para-hydroxylation sites is 3. The van der Waals surface area contributed by atoms with E-state index >= 15 is 0 Å². The molecule has 8 heteroatoms. The highest BCUT2D eigenvalue weighted by Gasteiger charge is 2.18. The van der Waals surface area contributed by atoms with Crippen LogP contribution in [0.15, 0.2) is 60.1 Å². The van der Waals surface area contributed by atoms with Crippen LogP contribution in [0.1, 0.15) is 24.3 Å². The van der Waals surface area contributed by atoms with E-state index in [-0.39, 0.29) is 5.91 Å². The van der Waals surface area contributed by atoms with E-state index in [0.29, 0.717) is 10.8 Å². The fraction of sp³-hybridized carbons (Fsp3) is 0.261. The third-order valence-electron chi connectivity index (χ3n) is 4.99. The summed E-state index contributed by atoms with van der Waals surface area (Å²) >= 11 is 1.40. The molecule has 0 unspecified atom stereocenters. The van der Waals surface area contributed by atoms with Crippen molar-refractivity contribution in [1.82, 2.24) is 20.1 Å². The molecule has 0 aliphatic carbocycles. The number of nitrogens with one attached hydrogen (secondary N) is 2. The zero-order valence-corrected chi connectivity index (χ0v) is 18.5. The smallest absolute Gasteiger partial charge is 0.275 e. The Kier molecular flexibility index (Phi) is 6.59. The van der Waals surface area contributed by atoms with Crippen molar-refractivity contribution in [3.8, 4) is 5.13 Å². The van der Waals surface area contributed by atoms with Crippen LogP contribution in [-0.2, 0) is 0 Å². The van der Waals surface area contributed by atoms with Gasteiger partial charge in [-0.2, -0.15) is 5.10 Å². The van der Waals surface area contributed by atoms with Gasteiger partial charge in [0, 0.05) is 36.9 Å². The zero-order chi connectivity index (χ0) is 21.6. The quantitative estimate of drug-likeness (QED) is 0.504. The largest absolute Gasteiger partial charge is 0.367 e. The van der Waals surface area contributed by atoms with Gasteiger partial charge in [-0.25, -0.2) is 9.67 Å². The second-order valence-electron chi connectivity index (χ2n) is 6.84. The van der Waals surface area contributed by atoms with Gasteiger partial charge in [-0.15, -0.1) is 11.3 Å². The second kappa shape index (κ2) is 9.72. The van der Waals surface area contributed by atoms with Crippen LogP contribution in [0.4, 0.5) is 11.4 Å². The predicted octanol–water partition coefficient (Wildman–Crippen LogP) is 4.17. The van der Waals surface area contributed by atoms with Crippen LogP contribution < -0.4 is 15.5 Å². The Hall–Kier alpha value is -3.23. The average Bonchev–Trinajstić information content (AvgIpc) is 3.49. The average molecular weight is 435 g/mol. The van der Waals surface area contributed by atoms with Crippen LogP contribution in [0.3, 0.4) is 0 Å². The van der Waals surface area contributed by atoms with Crippen molar-refractivity contribution in [2.75, 3.05) is 36.4 Å². The molecule has 2 aromatic carbocycles. The molecule has 5 rings (SSSR count). The van der Waals surface area contributed by atoms with Crippen molar-refractivity contribution in [2.45, 2.75) is 13.8 Å². The molecule has 0 spiro atoms. The number of rotatable bonds is 4. The van der Waals surface area contributed by atoms with Gasteiger partial charge in [0.1, 0.15) is 5.69 Å². The van der Waals surface area contributed by atoms with Crippen molar-refractivity contribution in [1.29, 1.82) is 0 Å². The van der Waals surface area contributed by atoms with E-state index in [9.17, 15) is 4.79 Å². The lowest BCUT2D eigenvalue weighted by Crippen LogP contribution is -2.43. The van der Waals surface area contributed by atoms with E-state index in [0.717, 1.165) is 48.5 Å². The molecule has 0 radical (unpaired) electrons. The van der Waals surface area contributed by atoms with Crippen LogP contribution in [0.2, 0.25) is 0 Å². The first-order valence-electron chi connectivity index (χ1n) is 10.5. The summed E-state index contributed by atoms with van der Waals surface area (Å²) in [6.45, 7) is 7.71. The van der Waals surface area contributed by atoms with Crippen LogP contribution in [0.5, 0.6) is 0 Å². The molecule has 3 heterocycles. The maximum Gasteiger partial charge on any atom is 0.275 e. The third-order valence-corrected chi connectivity index (χ3v) is 5.81. The molecular weight excluding hydrogens is 408 g/mol. The minimum atomic E-state index is -0.216. The van der Waals surface area contributed by atoms with Crippen LogP contribution in [0.25, 0.3) is 16.0 Å². The van der Waals surface area contributed by atoms with E-state index in [2.05, 4.69) is 25.6 Å². The number of hydrogen-bond acceptors (Lipinski definition) is 6. The number of thiazole rings is 1. The van der Waals surface area contributed by atoms with Gasteiger partial charge in [-0.3, -0.25) is 4.79 Å². The van der Waals surface area contributed by atoms with Gasteiger partial charge in [0.25, 0.3) is 5.91 Å². The number of nitrogens with zero attached hydrogens (tertiary/aromatic N) is 4. The Morgan fingerprint density at radius 1 is 1.06 bits per heavy atom. The minimum absolute atomic E-state index is 0.216. The van der Waals surface area contributed by atoms with Crippen molar-refractivity contribution >= 4 is 39.5 Å². The third kappa shape index (κ3) is 4.45. The summed E-state index contributed by atoms with van der Waals surface area (Å²) in [5.74, 6) is -0.216. The number of piperazine rings is 1. The molecule has 1 aliphatic heterocycles. The maximum absolute atomic E-state index is 12.9. The number of benzene rings is 2. The molecular formula is C23H26N6OS. The second-order valence-corrected chi connectivity index (χ2v) is 7.68. The number of carbonyl (C=O) groups is 1. The number of hydrogen-bond donors (Lipinski definition) is 2. The van der Waals surface area contributed by atoms with E-state index < -0.39 is 0 Å². The highest BCUT2D eigenvalue weighted by atomic mass is 32.1. The summed E-state index contributed by atoms with van der Waals surface area (Å²) in [7, 11) is 0. The molecule has 2 N–H and O–H groups in total. The number of anilines is 2. The van der Waals surface area contributed by atoms with E-state index in [1.807, 2.05) is 62.4 Å². The minimum Gasteiger partial charge on any atom is -0.367 e. The lowest BCUT2D eigenvalue weighted by Gasteiger charge is -2.31. The van der Waals surface area contributed by atoms with Gasteiger partial charge >= 0.3 is 0 Å². The summed E-state index contributed by atoms with van der Waals surface area (Å²) in [6.07, 6.45) is 1.81. The number of fused-ring (bicyclic) bond motifs is 1. The summed E-state index contributed by atoms with van der Waals surface area (Å²) in [4.78, 5) is 19.7. The Labute approximate surface area is 185 Å². The van der Waals surface area contributed by atoms with Gasteiger partial charge in [0.2, 0.25) is 5.13 Å². The molecule has 160 valence electrons. The summed E-state index contributed by atoms with van der Waals surface area (Å²) < 4.78 is 1.77. The van der Waals surface area contributed by atoms with E-state index in [4.69, 9.17) is 0 Å². The SMILES string of the molecule is CC.O=C(Nc1ccccc1N1CCNCC1)c1csc(-n2ncc3ccccc32)n1. The zero-order valence-electron chi connectivity index (χ0n) is 17.7. The maximum atomic E-state index is 12.9. The van der Waals surface area contributed by atoms with Gasteiger partial charge in [0.05, 0.1) is 23.1 Å². The highest BCUT2D eigenvalue weighted by Crippen LogP contribution is 2.27. The summed E-state index contributed by atoms with van der Waals surface area (Å²) in [5, 5.41) is 14.3. The Balaban J connectivity index is 0.00000112. The van der Waals surface area contributed by atoms with Crippen LogP contribution in [-0.4, -0.2) is 46.9 Å². The Bertz CT molecular complexity index is 1160. The highest BCUT2D eigenvalue weighted by molar-refractivity contribution is 7.12. The molecule has 31 heavy (non-hydrogen) atoms. The first-order chi connectivity index (χ1) is 15.3. The molecule has 1 amide bonds. The lowest BCUT2D eigenvalue weighted by molar-refractivity contribution is 0.102. The van der Waals surface area contributed by atoms with Crippen molar-refractivity contribution in [2.24, 2.45) is 0 Å². The standard InChI is InChI=1S/C21H20N6OS.C2H6/c28-20(24-16-6-2-4-8-19(16)26-11-9-22-10-12-26)17-14-29-21(25-17)27-18-7-3-1-5-15(18)13-23-27;1-2/h1-8,13-14,22H,9-12H2,(H,24,28);1-2H3. The molecule has 1 fully saturated rings. The van der Waals surface area contributed by atoms with E-state index in [1.165, 1.54) is 11.3 Å². The fourth-order valence-corrected chi connectivity index (χ4v) is 4.31. The van der Waals surface area contributed by atoms with Crippen LogP contribution >= 0.6 is 11.3 Å². The number of carbonyl (C=O) groups excluding carboxylic acids is 1. The number of amides is 1. The monoisotopic (exact) mass is 434 g/mol. The van der Waals surface area contributed by atoms with Crippen molar-refractivity contribution in [3.63, 3.8) is 0 Å². The molecule has 1 aliphatic rings. The molecule has 2 aromatic heterocycles. The molecule has 0 atom stereocenters. The summed E-state index contributed by atoms with van der Waals surface area (Å²) in [5.41, 5.74) is 3.20. The first kappa shape index (κ1) is 21.0. The van der Waals surface area contributed by atoms with Gasteiger partial charge < -0.3 is 15.5 Å². The van der Waals surface area contributed by atoms with Crippen molar-refractivity contribution in [3.05, 3.63) is 65.8 Å². The van der Waals surface area contributed by atoms with Crippen LogP contribution in [0, 0.1) is 0 Å². The Morgan fingerprint density at radius 3 is 2.65 bits per heavy atom. The lowest BCUT2D eigenvalue weighted by atomic mass is 10.2. The fourth-order valence-electron chi connectivity index (χ4n) is 3.54. The van der Waals surface area contributed by atoms with Gasteiger partial charge in [0.15, 0.2) is 0 Å². The first-order valence-corrected chi connectivity index (χ1v) is 11.4. The Morgan fingerprint density at radius 2 is 1.81 bits per heavy atom.